The van der Waals surface area contributed by atoms with Crippen LogP contribution in [0.5, 0.6) is 0 Å². The summed E-state index contributed by atoms with van der Waals surface area (Å²) in [4.78, 5) is 31.4. The summed E-state index contributed by atoms with van der Waals surface area (Å²) in [6.45, 7) is 7.59. The first-order chi connectivity index (χ1) is 13.6. The number of benzene rings is 2. The van der Waals surface area contributed by atoms with E-state index in [1.807, 2.05) is 18.2 Å². The van der Waals surface area contributed by atoms with Crippen molar-refractivity contribution >= 4 is 16.8 Å². The highest BCUT2D eigenvalue weighted by Crippen LogP contribution is 2.09. The van der Waals surface area contributed by atoms with Crippen LogP contribution in [0.2, 0.25) is 0 Å². The van der Waals surface area contributed by atoms with Gasteiger partial charge in [-0.2, -0.15) is 0 Å². The zero-order chi connectivity index (χ0) is 19.9. The number of nitrogens with one attached hydrogen (secondary N) is 1. The van der Waals surface area contributed by atoms with E-state index >= 15 is 0 Å². The van der Waals surface area contributed by atoms with Gasteiger partial charge in [-0.1, -0.05) is 50.2 Å². The minimum Gasteiger partial charge on any atom is -0.350 e. The first-order valence-corrected chi connectivity index (χ1v) is 9.61. The van der Waals surface area contributed by atoms with Crippen LogP contribution in [0.15, 0.2) is 59.7 Å². The first-order valence-electron chi connectivity index (χ1n) is 9.61. The van der Waals surface area contributed by atoms with Crippen molar-refractivity contribution in [2.75, 3.05) is 13.1 Å². The summed E-state index contributed by atoms with van der Waals surface area (Å²) in [7, 11) is 0. The molecule has 0 saturated carbocycles. The van der Waals surface area contributed by atoms with Gasteiger partial charge in [0.1, 0.15) is 6.54 Å². The number of carbonyl (C=O) groups excluding carboxylic acids is 1. The molecule has 0 saturated heterocycles. The van der Waals surface area contributed by atoms with Gasteiger partial charge in [0.15, 0.2) is 0 Å². The number of hydrogen-bond acceptors (Lipinski definition) is 4. The highest BCUT2D eigenvalue weighted by molar-refractivity contribution is 5.78. The van der Waals surface area contributed by atoms with Gasteiger partial charge >= 0.3 is 0 Å². The van der Waals surface area contributed by atoms with Crippen LogP contribution in [-0.2, 0) is 24.4 Å². The molecule has 0 spiro atoms. The molecule has 0 atom stereocenters. The topological polar surface area (TPSA) is 67.2 Å². The Morgan fingerprint density at radius 1 is 1.07 bits per heavy atom. The number of fused-ring (bicyclic) bond motifs is 1. The Balaban J connectivity index is 1.62. The minimum atomic E-state index is -0.215. The van der Waals surface area contributed by atoms with Crippen LogP contribution in [0.1, 0.15) is 25.0 Å². The predicted octanol–water partition coefficient (Wildman–Crippen LogP) is 2.55. The van der Waals surface area contributed by atoms with Crippen LogP contribution < -0.4 is 10.9 Å². The summed E-state index contributed by atoms with van der Waals surface area (Å²) >= 11 is 0. The molecule has 28 heavy (non-hydrogen) atoms. The molecule has 1 amide bonds. The van der Waals surface area contributed by atoms with Crippen molar-refractivity contribution in [2.45, 2.75) is 33.5 Å². The van der Waals surface area contributed by atoms with Crippen LogP contribution in [-0.4, -0.2) is 33.4 Å². The SMILES string of the molecule is CCN(CC)Cc1cccc(CNC(=O)Cn2cnc3ccccc3c2=O)c1. The van der Waals surface area contributed by atoms with Gasteiger partial charge < -0.3 is 5.32 Å². The maximum absolute atomic E-state index is 12.5. The molecule has 0 bridgehead atoms. The number of carbonyl (C=O) groups is 1. The number of nitrogens with zero attached hydrogens (tertiary/aromatic N) is 3. The number of para-hydroxylation sites is 1. The molecule has 1 heterocycles. The van der Waals surface area contributed by atoms with Gasteiger partial charge in [0.05, 0.1) is 17.2 Å². The summed E-state index contributed by atoms with van der Waals surface area (Å²) in [6.07, 6.45) is 1.43. The van der Waals surface area contributed by atoms with Gasteiger partial charge in [-0.3, -0.25) is 19.1 Å². The van der Waals surface area contributed by atoms with Gasteiger partial charge in [-0.15, -0.1) is 0 Å². The molecular weight excluding hydrogens is 352 g/mol. The number of rotatable bonds is 8. The van der Waals surface area contributed by atoms with Crippen molar-refractivity contribution in [1.82, 2.24) is 19.8 Å². The Bertz CT molecular complexity index is 1010. The van der Waals surface area contributed by atoms with Crippen molar-refractivity contribution in [2.24, 2.45) is 0 Å². The molecule has 0 aliphatic heterocycles. The zero-order valence-corrected chi connectivity index (χ0v) is 16.4. The Morgan fingerprint density at radius 2 is 1.82 bits per heavy atom. The van der Waals surface area contributed by atoms with Crippen molar-refractivity contribution in [3.63, 3.8) is 0 Å². The lowest BCUT2D eigenvalue weighted by molar-refractivity contribution is -0.121. The summed E-state index contributed by atoms with van der Waals surface area (Å²) in [6, 6.07) is 15.4. The molecule has 1 N–H and O–H groups in total. The molecule has 0 unspecified atom stereocenters. The standard InChI is InChI=1S/C22H26N4O2/c1-3-25(4-2)14-18-9-7-8-17(12-18)13-23-21(27)15-26-16-24-20-11-6-5-10-19(20)22(26)28/h5-12,16H,3-4,13-15H2,1-2H3,(H,23,27). The molecule has 0 fully saturated rings. The molecule has 1 aromatic heterocycles. The average molecular weight is 378 g/mol. The van der Waals surface area contributed by atoms with E-state index in [0.717, 1.165) is 25.2 Å². The summed E-state index contributed by atoms with van der Waals surface area (Å²) in [5.74, 6) is -0.215. The van der Waals surface area contributed by atoms with E-state index in [-0.39, 0.29) is 18.0 Å². The second-order valence-corrected chi connectivity index (χ2v) is 6.75. The molecular formula is C22H26N4O2. The molecule has 146 valence electrons. The van der Waals surface area contributed by atoms with Gasteiger partial charge in [-0.05, 0) is 36.3 Å². The van der Waals surface area contributed by atoms with E-state index in [0.29, 0.717) is 17.4 Å². The summed E-state index contributed by atoms with van der Waals surface area (Å²) in [5.41, 5.74) is 2.70. The molecule has 6 heteroatoms. The zero-order valence-electron chi connectivity index (χ0n) is 16.4. The fraction of sp³-hybridized carbons (Fsp3) is 0.318. The van der Waals surface area contributed by atoms with E-state index in [2.05, 4.69) is 41.2 Å². The minimum absolute atomic E-state index is 0.0458. The van der Waals surface area contributed by atoms with Crippen molar-refractivity contribution < 1.29 is 4.79 Å². The van der Waals surface area contributed by atoms with E-state index in [4.69, 9.17) is 0 Å². The van der Waals surface area contributed by atoms with Crippen LogP contribution >= 0.6 is 0 Å². The van der Waals surface area contributed by atoms with E-state index in [1.54, 1.807) is 18.2 Å². The summed E-state index contributed by atoms with van der Waals surface area (Å²) < 4.78 is 1.34. The van der Waals surface area contributed by atoms with Gasteiger partial charge in [0, 0.05) is 13.1 Å². The van der Waals surface area contributed by atoms with Gasteiger partial charge in [0.25, 0.3) is 5.56 Å². The van der Waals surface area contributed by atoms with Crippen LogP contribution in [0.4, 0.5) is 0 Å². The fourth-order valence-corrected chi connectivity index (χ4v) is 3.17. The quantitative estimate of drug-likeness (QED) is 0.654. The number of aromatic nitrogens is 2. The van der Waals surface area contributed by atoms with Gasteiger partial charge in [0.2, 0.25) is 5.91 Å². The summed E-state index contributed by atoms with van der Waals surface area (Å²) in [5, 5.41) is 3.41. The monoisotopic (exact) mass is 378 g/mol. The van der Waals surface area contributed by atoms with E-state index < -0.39 is 0 Å². The molecule has 3 rings (SSSR count). The highest BCUT2D eigenvalue weighted by Gasteiger charge is 2.08. The van der Waals surface area contributed by atoms with Crippen LogP contribution in [0, 0.1) is 0 Å². The Morgan fingerprint density at radius 3 is 2.61 bits per heavy atom. The number of hydrogen-bond donors (Lipinski definition) is 1. The Labute approximate surface area is 164 Å². The van der Waals surface area contributed by atoms with Crippen LogP contribution in [0.25, 0.3) is 10.9 Å². The lowest BCUT2D eigenvalue weighted by Gasteiger charge is -2.18. The molecule has 6 nitrogen and oxygen atoms in total. The lowest BCUT2D eigenvalue weighted by atomic mass is 10.1. The lowest BCUT2D eigenvalue weighted by Crippen LogP contribution is -2.32. The molecule has 0 aliphatic rings. The second kappa shape index (κ2) is 9.28. The second-order valence-electron chi connectivity index (χ2n) is 6.75. The smallest absolute Gasteiger partial charge is 0.261 e. The fourth-order valence-electron chi connectivity index (χ4n) is 3.17. The third-order valence-electron chi connectivity index (χ3n) is 4.83. The molecule has 2 aromatic carbocycles. The molecule has 3 aromatic rings. The van der Waals surface area contributed by atoms with E-state index in [1.165, 1.54) is 16.5 Å². The normalized spacial score (nSPS) is 11.1. The van der Waals surface area contributed by atoms with Gasteiger partial charge in [-0.25, -0.2) is 4.98 Å². The Kier molecular flexibility index (Phi) is 6.55. The maximum Gasteiger partial charge on any atom is 0.261 e. The van der Waals surface area contributed by atoms with Crippen molar-refractivity contribution in [3.8, 4) is 0 Å². The third kappa shape index (κ3) is 4.84. The van der Waals surface area contributed by atoms with Crippen molar-refractivity contribution in [3.05, 3.63) is 76.3 Å². The third-order valence-corrected chi connectivity index (χ3v) is 4.83. The predicted molar refractivity (Wildman–Crippen MR) is 111 cm³/mol. The molecule has 0 radical (unpaired) electrons. The first kappa shape index (κ1) is 19.8. The Hall–Kier alpha value is -2.99. The average Bonchev–Trinajstić information content (AvgIpc) is 2.73. The van der Waals surface area contributed by atoms with Crippen molar-refractivity contribution in [1.29, 1.82) is 0 Å². The number of amides is 1. The van der Waals surface area contributed by atoms with E-state index in [9.17, 15) is 9.59 Å². The highest BCUT2D eigenvalue weighted by atomic mass is 16.2. The molecule has 0 aliphatic carbocycles. The van der Waals surface area contributed by atoms with Crippen LogP contribution in [0.3, 0.4) is 0 Å². The largest absolute Gasteiger partial charge is 0.350 e. The maximum atomic E-state index is 12.5.